The van der Waals surface area contributed by atoms with E-state index in [1.165, 1.54) is 10.7 Å². The number of hydrogen-bond donors (Lipinski definition) is 1. The summed E-state index contributed by atoms with van der Waals surface area (Å²) >= 11 is 11.9. The van der Waals surface area contributed by atoms with Crippen molar-refractivity contribution in [1.29, 1.82) is 0 Å². The second-order valence-corrected chi connectivity index (χ2v) is 8.08. The van der Waals surface area contributed by atoms with Gasteiger partial charge in [0.05, 0.1) is 16.1 Å². The van der Waals surface area contributed by atoms with E-state index in [4.69, 9.17) is 27.9 Å². The lowest BCUT2D eigenvalue weighted by Crippen LogP contribution is -2.28. The maximum Gasteiger partial charge on any atom is 0.359 e. The summed E-state index contributed by atoms with van der Waals surface area (Å²) < 4.78 is 6.47. The van der Waals surface area contributed by atoms with Crippen molar-refractivity contribution in [3.63, 3.8) is 0 Å². The Bertz CT molecular complexity index is 1190. The standard InChI is InChI=1S/C23H23Cl2N3O4/c1-2-3-4-7-12-28-22(30)17-9-6-5-8-16(17)21(27-28)23(31)32-14-20(29)26-19-11-10-15(24)13-18(19)25/h5-6,8-11,13H,2-4,7,12,14H2,1H3,(H,26,29). The number of fused-ring (bicyclic) bond motifs is 1. The molecule has 0 radical (unpaired) electrons. The van der Waals surface area contributed by atoms with E-state index in [1.807, 2.05) is 0 Å². The molecule has 0 unspecified atom stereocenters. The fourth-order valence-corrected chi connectivity index (χ4v) is 3.66. The van der Waals surface area contributed by atoms with E-state index in [-0.39, 0.29) is 16.3 Å². The molecule has 1 amide bonds. The zero-order valence-electron chi connectivity index (χ0n) is 17.6. The first kappa shape index (κ1) is 23.8. The molecule has 0 atom stereocenters. The van der Waals surface area contributed by atoms with Gasteiger partial charge < -0.3 is 10.1 Å². The smallest absolute Gasteiger partial charge is 0.359 e. The number of aryl methyl sites for hydroxylation is 1. The number of anilines is 1. The Morgan fingerprint density at radius 1 is 1.06 bits per heavy atom. The average molecular weight is 476 g/mol. The SMILES string of the molecule is CCCCCCn1nc(C(=O)OCC(=O)Nc2ccc(Cl)cc2Cl)c2ccccc2c1=O. The van der Waals surface area contributed by atoms with Crippen LogP contribution in [-0.4, -0.2) is 28.3 Å². The van der Waals surface area contributed by atoms with Crippen LogP contribution in [-0.2, 0) is 16.1 Å². The molecule has 0 aliphatic heterocycles. The Hall–Kier alpha value is -2.90. The molecule has 2 aromatic carbocycles. The van der Waals surface area contributed by atoms with Crippen LogP contribution in [0.3, 0.4) is 0 Å². The normalized spacial score (nSPS) is 10.8. The van der Waals surface area contributed by atoms with Gasteiger partial charge in [0.1, 0.15) is 0 Å². The lowest BCUT2D eigenvalue weighted by atomic mass is 10.1. The number of benzene rings is 2. The summed E-state index contributed by atoms with van der Waals surface area (Å²) in [6, 6.07) is 11.3. The summed E-state index contributed by atoms with van der Waals surface area (Å²) in [4.78, 5) is 37.7. The van der Waals surface area contributed by atoms with Gasteiger partial charge in [-0.25, -0.2) is 9.48 Å². The van der Waals surface area contributed by atoms with Crippen LogP contribution in [0.15, 0.2) is 47.3 Å². The molecule has 9 heteroatoms. The zero-order valence-corrected chi connectivity index (χ0v) is 19.1. The van der Waals surface area contributed by atoms with Crippen molar-refractivity contribution in [3.05, 3.63) is 68.6 Å². The van der Waals surface area contributed by atoms with Gasteiger partial charge in [0.15, 0.2) is 12.3 Å². The number of unbranched alkanes of at least 4 members (excludes halogenated alkanes) is 3. The molecule has 7 nitrogen and oxygen atoms in total. The van der Waals surface area contributed by atoms with Crippen molar-refractivity contribution in [2.45, 2.75) is 39.2 Å². The first-order chi connectivity index (χ1) is 15.4. The van der Waals surface area contributed by atoms with Crippen LogP contribution in [0, 0.1) is 0 Å². The van der Waals surface area contributed by atoms with E-state index in [9.17, 15) is 14.4 Å². The van der Waals surface area contributed by atoms with Crippen molar-refractivity contribution in [1.82, 2.24) is 9.78 Å². The van der Waals surface area contributed by atoms with Gasteiger partial charge in [-0.2, -0.15) is 5.10 Å². The van der Waals surface area contributed by atoms with E-state index < -0.39 is 18.5 Å². The number of nitrogens with one attached hydrogen (secondary N) is 1. The van der Waals surface area contributed by atoms with Gasteiger partial charge in [0.25, 0.3) is 11.5 Å². The Morgan fingerprint density at radius 3 is 2.53 bits per heavy atom. The van der Waals surface area contributed by atoms with Crippen LogP contribution in [0.2, 0.25) is 10.0 Å². The van der Waals surface area contributed by atoms with Crippen LogP contribution < -0.4 is 10.9 Å². The average Bonchev–Trinajstić information content (AvgIpc) is 2.78. The maximum atomic E-state index is 12.8. The van der Waals surface area contributed by atoms with E-state index in [0.29, 0.717) is 28.0 Å². The Morgan fingerprint density at radius 2 is 1.81 bits per heavy atom. The molecule has 1 aromatic heterocycles. The predicted molar refractivity (Wildman–Crippen MR) is 126 cm³/mol. The topological polar surface area (TPSA) is 90.3 Å². The molecule has 3 aromatic rings. The fourth-order valence-electron chi connectivity index (χ4n) is 3.20. The molecule has 1 N–H and O–H groups in total. The molecular formula is C23H23Cl2N3O4. The number of esters is 1. The first-order valence-electron chi connectivity index (χ1n) is 10.3. The number of hydrogen-bond acceptors (Lipinski definition) is 5. The minimum Gasteiger partial charge on any atom is -0.451 e. The summed E-state index contributed by atoms with van der Waals surface area (Å²) in [5, 5.41) is 8.26. The largest absolute Gasteiger partial charge is 0.451 e. The molecule has 0 saturated carbocycles. The van der Waals surface area contributed by atoms with Gasteiger partial charge in [0, 0.05) is 17.0 Å². The highest BCUT2D eigenvalue weighted by Crippen LogP contribution is 2.25. The second kappa shape index (κ2) is 11.1. The molecule has 0 saturated heterocycles. The van der Waals surface area contributed by atoms with Crippen molar-refractivity contribution in [3.8, 4) is 0 Å². The summed E-state index contributed by atoms with van der Waals surface area (Å²) in [5.41, 5.74) is 0.0816. The number of rotatable bonds is 9. The van der Waals surface area contributed by atoms with Gasteiger partial charge in [-0.05, 0) is 30.7 Å². The van der Waals surface area contributed by atoms with Crippen molar-refractivity contribution < 1.29 is 14.3 Å². The number of carbonyl (C=O) groups excluding carboxylic acids is 2. The van der Waals surface area contributed by atoms with Gasteiger partial charge in [-0.1, -0.05) is 67.6 Å². The van der Waals surface area contributed by atoms with Gasteiger partial charge in [-0.15, -0.1) is 0 Å². The lowest BCUT2D eigenvalue weighted by Gasteiger charge is -2.11. The molecule has 1 heterocycles. The number of halogens is 2. The number of amides is 1. The van der Waals surface area contributed by atoms with Crippen LogP contribution in [0.25, 0.3) is 10.8 Å². The second-order valence-electron chi connectivity index (χ2n) is 7.23. The quantitative estimate of drug-likeness (QED) is 0.344. The van der Waals surface area contributed by atoms with E-state index in [1.54, 1.807) is 36.4 Å². The number of aromatic nitrogens is 2. The number of ether oxygens (including phenoxy) is 1. The summed E-state index contributed by atoms with van der Waals surface area (Å²) in [6.07, 6.45) is 3.87. The molecule has 0 bridgehead atoms. The number of carbonyl (C=O) groups is 2. The first-order valence-corrected chi connectivity index (χ1v) is 11.1. The third-order valence-corrected chi connectivity index (χ3v) is 5.37. The highest BCUT2D eigenvalue weighted by atomic mass is 35.5. The van der Waals surface area contributed by atoms with Crippen LogP contribution >= 0.6 is 23.2 Å². The third-order valence-electron chi connectivity index (χ3n) is 4.82. The van der Waals surface area contributed by atoms with E-state index >= 15 is 0 Å². The predicted octanol–water partition coefficient (Wildman–Crippen LogP) is 5.08. The monoisotopic (exact) mass is 475 g/mol. The van der Waals surface area contributed by atoms with Crippen LogP contribution in [0.5, 0.6) is 0 Å². The molecular weight excluding hydrogens is 453 g/mol. The Labute approximate surface area is 195 Å². The van der Waals surface area contributed by atoms with Crippen molar-refractivity contribution in [2.24, 2.45) is 0 Å². The minimum absolute atomic E-state index is 0.00647. The van der Waals surface area contributed by atoms with Gasteiger partial charge >= 0.3 is 5.97 Å². The Kier molecular flexibility index (Phi) is 8.25. The molecule has 0 fully saturated rings. The van der Waals surface area contributed by atoms with E-state index in [2.05, 4.69) is 17.3 Å². The molecule has 0 aliphatic rings. The molecule has 32 heavy (non-hydrogen) atoms. The van der Waals surface area contributed by atoms with Crippen LogP contribution in [0.4, 0.5) is 5.69 Å². The fraction of sp³-hybridized carbons (Fsp3) is 0.304. The van der Waals surface area contributed by atoms with Gasteiger partial charge in [0.2, 0.25) is 0 Å². The highest BCUT2D eigenvalue weighted by molar-refractivity contribution is 6.36. The third kappa shape index (κ3) is 5.87. The van der Waals surface area contributed by atoms with Crippen molar-refractivity contribution >= 4 is 51.5 Å². The van der Waals surface area contributed by atoms with Crippen LogP contribution in [0.1, 0.15) is 43.1 Å². The van der Waals surface area contributed by atoms with Crippen molar-refractivity contribution in [2.75, 3.05) is 11.9 Å². The molecule has 0 aliphatic carbocycles. The van der Waals surface area contributed by atoms with Gasteiger partial charge in [-0.3, -0.25) is 9.59 Å². The van der Waals surface area contributed by atoms with E-state index in [0.717, 1.165) is 25.7 Å². The molecule has 168 valence electrons. The summed E-state index contributed by atoms with van der Waals surface area (Å²) in [6.45, 7) is 1.97. The molecule has 3 rings (SSSR count). The Balaban J connectivity index is 1.75. The maximum absolute atomic E-state index is 12.8. The minimum atomic E-state index is -0.791. The molecule has 0 spiro atoms. The highest BCUT2D eigenvalue weighted by Gasteiger charge is 2.19. The number of nitrogens with zero attached hydrogens (tertiary/aromatic N) is 2. The zero-order chi connectivity index (χ0) is 23.1. The lowest BCUT2D eigenvalue weighted by molar-refractivity contribution is -0.119. The summed E-state index contributed by atoms with van der Waals surface area (Å²) in [7, 11) is 0. The summed E-state index contributed by atoms with van der Waals surface area (Å²) in [5.74, 6) is -1.36.